The van der Waals surface area contributed by atoms with E-state index in [1.54, 1.807) is 13.1 Å². The van der Waals surface area contributed by atoms with Crippen LogP contribution >= 0.6 is 0 Å². The summed E-state index contributed by atoms with van der Waals surface area (Å²) in [5.74, 6) is 0. The summed E-state index contributed by atoms with van der Waals surface area (Å²) in [6, 6.07) is 0. The van der Waals surface area contributed by atoms with Crippen LogP contribution in [0.1, 0.15) is 6.42 Å². The Morgan fingerprint density at radius 2 is 1.83 bits per heavy atom. The maximum atomic E-state index is 11.9. The Labute approximate surface area is 111 Å². The summed E-state index contributed by atoms with van der Waals surface area (Å²) in [5, 5.41) is 17.8. The van der Waals surface area contributed by atoms with Gasteiger partial charge in [0.05, 0.1) is 6.61 Å². The summed E-state index contributed by atoms with van der Waals surface area (Å²) in [4.78, 5) is 11.9. The van der Waals surface area contributed by atoms with Gasteiger partial charge in [0.2, 0.25) is 0 Å². The van der Waals surface area contributed by atoms with Crippen molar-refractivity contribution in [2.45, 2.75) is 44.4 Å². The third-order valence-electron chi connectivity index (χ3n) is 2.96. The van der Waals surface area contributed by atoms with Crippen molar-refractivity contribution in [1.29, 1.82) is 0 Å². The minimum Gasteiger partial charge on any atom is -0.449 e. The minimum absolute atomic E-state index is 0.145. The summed E-state index contributed by atoms with van der Waals surface area (Å²) < 4.78 is 6.00. The number of carbonyl (C=O) groups excluding carboxylic acids is 1. The highest BCUT2D eigenvalue weighted by atomic mass is 28.4. The zero-order chi connectivity index (χ0) is 14.6. The van der Waals surface area contributed by atoms with Gasteiger partial charge in [0.1, 0.15) is 6.10 Å². The number of nitrogens with two attached hydrogens (primary N) is 2. The SMILES string of the molecule is C[Si](C)(O[Si](C)(C)C(N)CCN)C(=O)C(O)CO. The molecule has 0 fully saturated rings. The Balaban J connectivity index is 4.79. The van der Waals surface area contributed by atoms with Crippen LogP contribution in [0.3, 0.4) is 0 Å². The fourth-order valence-electron chi connectivity index (χ4n) is 1.79. The standard InChI is InChI=1S/C10H26N2O4Si2/c1-17(2,9(12)5-6-11)16-18(3,4)10(15)8(14)7-13/h8-9,13-14H,5-7,11-12H2,1-4H3. The molecule has 0 rings (SSSR count). The van der Waals surface area contributed by atoms with E-state index in [0.717, 1.165) is 0 Å². The Hall–Kier alpha value is -0.0962. The molecule has 0 aromatic carbocycles. The first kappa shape index (κ1) is 17.9. The molecule has 108 valence electrons. The highest BCUT2D eigenvalue weighted by molar-refractivity contribution is 7.04. The second kappa shape index (κ2) is 6.89. The number of aliphatic hydroxyl groups excluding tert-OH is 2. The lowest BCUT2D eigenvalue weighted by Crippen LogP contribution is -2.61. The first-order valence-electron chi connectivity index (χ1n) is 6.07. The van der Waals surface area contributed by atoms with Gasteiger partial charge in [-0.25, -0.2) is 0 Å². The van der Waals surface area contributed by atoms with Gasteiger partial charge in [0.25, 0.3) is 8.32 Å². The quantitative estimate of drug-likeness (QED) is 0.430. The van der Waals surface area contributed by atoms with E-state index in [0.29, 0.717) is 13.0 Å². The van der Waals surface area contributed by atoms with Crippen LogP contribution < -0.4 is 11.5 Å². The molecule has 2 unspecified atom stereocenters. The van der Waals surface area contributed by atoms with E-state index < -0.39 is 34.8 Å². The summed E-state index contributed by atoms with van der Waals surface area (Å²) in [5.41, 5.74) is 11.4. The molecule has 0 aliphatic heterocycles. The van der Waals surface area contributed by atoms with Crippen LogP contribution in [-0.4, -0.2) is 57.2 Å². The molecule has 8 heteroatoms. The van der Waals surface area contributed by atoms with Crippen molar-refractivity contribution in [3.63, 3.8) is 0 Å². The Morgan fingerprint density at radius 1 is 1.33 bits per heavy atom. The van der Waals surface area contributed by atoms with Gasteiger partial charge in [-0.05, 0) is 39.2 Å². The van der Waals surface area contributed by atoms with Gasteiger partial charge in [0, 0.05) is 5.67 Å². The molecule has 0 aromatic heterocycles. The van der Waals surface area contributed by atoms with Gasteiger partial charge in [-0.3, -0.25) is 4.79 Å². The highest BCUT2D eigenvalue weighted by Crippen LogP contribution is 2.20. The number of aliphatic hydroxyl groups is 2. The summed E-state index contributed by atoms with van der Waals surface area (Å²) in [6.45, 7) is 7.24. The largest absolute Gasteiger partial charge is 0.449 e. The molecule has 0 aliphatic rings. The lowest BCUT2D eigenvalue weighted by atomic mass is 10.4. The van der Waals surface area contributed by atoms with Crippen LogP contribution in [0.25, 0.3) is 0 Å². The maximum absolute atomic E-state index is 11.9. The van der Waals surface area contributed by atoms with E-state index in [4.69, 9.17) is 20.7 Å². The Kier molecular flexibility index (Phi) is 6.86. The van der Waals surface area contributed by atoms with E-state index in [1.807, 2.05) is 13.1 Å². The molecule has 0 saturated carbocycles. The van der Waals surface area contributed by atoms with Crippen molar-refractivity contribution >= 4 is 22.0 Å². The molecule has 0 aliphatic carbocycles. The topological polar surface area (TPSA) is 119 Å². The molecule has 6 N–H and O–H groups in total. The van der Waals surface area contributed by atoms with Crippen molar-refractivity contribution in [3.05, 3.63) is 0 Å². The van der Waals surface area contributed by atoms with Gasteiger partial charge in [-0.1, -0.05) is 0 Å². The fraction of sp³-hybridized carbons (Fsp3) is 0.900. The maximum Gasteiger partial charge on any atom is 0.251 e. The first-order chi connectivity index (χ1) is 8.08. The Bertz CT molecular complexity index is 287. The van der Waals surface area contributed by atoms with Crippen LogP contribution in [0.15, 0.2) is 0 Å². The molecule has 0 amide bonds. The predicted molar refractivity (Wildman–Crippen MR) is 75.8 cm³/mol. The molecule has 0 radical (unpaired) electrons. The number of hydrogen-bond acceptors (Lipinski definition) is 6. The van der Waals surface area contributed by atoms with E-state index >= 15 is 0 Å². The van der Waals surface area contributed by atoms with Gasteiger partial charge in [0.15, 0.2) is 13.7 Å². The van der Waals surface area contributed by atoms with E-state index in [-0.39, 0.29) is 5.67 Å². The molecule has 2 atom stereocenters. The molecular weight excluding hydrogens is 268 g/mol. The lowest BCUT2D eigenvalue weighted by molar-refractivity contribution is -0.122. The van der Waals surface area contributed by atoms with Crippen LogP contribution in [0.2, 0.25) is 26.2 Å². The molecule has 0 aromatic rings. The fourth-order valence-corrected chi connectivity index (χ4v) is 9.82. The van der Waals surface area contributed by atoms with Crippen LogP contribution in [0.4, 0.5) is 0 Å². The average molecular weight is 294 g/mol. The van der Waals surface area contributed by atoms with E-state index in [2.05, 4.69) is 0 Å². The van der Waals surface area contributed by atoms with Gasteiger partial charge < -0.3 is 25.8 Å². The molecule has 6 nitrogen and oxygen atoms in total. The summed E-state index contributed by atoms with van der Waals surface area (Å²) in [6.07, 6.45) is -0.706. The van der Waals surface area contributed by atoms with Crippen molar-refractivity contribution in [3.8, 4) is 0 Å². The third-order valence-corrected chi connectivity index (χ3v) is 10.7. The average Bonchev–Trinajstić information content (AvgIpc) is 2.25. The van der Waals surface area contributed by atoms with Gasteiger partial charge in [-0.2, -0.15) is 0 Å². The molecular formula is C10H26N2O4Si2. The molecule has 0 saturated heterocycles. The predicted octanol–water partition coefficient (Wildman–Crippen LogP) is -0.910. The third kappa shape index (κ3) is 4.88. The molecule has 0 bridgehead atoms. The minimum atomic E-state index is -2.73. The second-order valence-electron chi connectivity index (χ2n) is 5.46. The monoisotopic (exact) mass is 294 g/mol. The highest BCUT2D eigenvalue weighted by Gasteiger charge is 2.43. The summed E-state index contributed by atoms with van der Waals surface area (Å²) >= 11 is 0. The Morgan fingerprint density at radius 3 is 2.22 bits per heavy atom. The second-order valence-corrected chi connectivity index (χ2v) is 13.7. The lowest BCUT2D eigenvalue weighted by Gasteiger charge is -2.37. The number of carbonyl (C=O) groups is 1. The molecule has 0 spiro atoms. The van der Waals surface area contributed by atoms with Crippen molar-refractivity contribution in [2.75, 3.05) is 13.2 Å². The molecule has 0 heterocycles. The van der Waals surface area contributed by atoms with Crippen LogP contribution in [0, 0.1) is 0 Å². The van der Waals surface area contributed by atoms with E-state index in [1.165, 1.54) is 0 Å². The van der Waals surface area contributed by atoms with Crippen molar-refractivity contribution in [2.24, 2.45) is 11.5 Å². The van der Waals surface area contributed by atoms with Crippen molar-refractivity contribution in [1.82, 2.24) is 0 Å². The van der Waals surface area contributed by atoms with Gasteiger partial charge in [-0.15, -0.1) is 0 Å². The molecule has 18 heavy (non-hydrogen) atoms. The normalized spacial score (nSPS) is 16.4. The van der Waals surface area contributed by atoms with Crippen molar-refractivity contribution < 1.29 is 19.1 Å². The van der Waals surface area contributed by atoms with Crippen LogP contribution in [-0.2, 0) is 8.91 Å². The summed E-state index contributed by atoms with van der Waals surface area (Å²) in [7, 11) is -4.96. The van der Waals surface area contributed by atoms with E-state index in [9.17, 15) is 9.90 Å². The smallest absolute Gasteiger partial charge is 0.251 e. The first-order valence-corrected chi connectivity index (χ1v) is 12.0. The zero-order valence-corrected chi connectivity index (χ0v) is 13.6. The zero-order valence-electron chi connectivity index (χ0n) is 11.6. The van der Waals surface area contributed by atoms with Crippen LogP contribution in [0.5, 0.6) is 0 Å². The van der Waals surface area contributed by atoms with Gasteiger partial charge >= 0.3 is 0 Å². The number of hydrogen-bond donors (Lipinski definition) is 4. The number of rotatable bonds is 8.